The van der Waals surface area contributed by atoms with Gasteiger partial charge in [-0.15, -0.1) is 0 Å². The molecule has 0 spiro atoms. The number of nitrogens with zero attached hydrogens (tertiary/aromatic N) is 1. The number of esters is 1. The van der Waals surface area contributed by atoms with E-state index in [0.29, 0.717) is 6.61 Å². The lowest BCUT2D eigenvalue weighted by Crippen LogP contribution is -2.27. The van der Waals surface area contributed by atoms with Gasteiger partial charge in [0.2, 0.25) is 0 Å². The van der Waals surface area contributed by atoms with Crippen molar-refractivity contribution in [2.24, 2.45) is 5.41 Å². The summed E-state index contributed by atoms with van der Waals surface area (Å²) < 4.78 is 5.04. The van der Waals surface area contributed by atoms with Crippen molar-refractivity contribution in [3.05, 3.63) is 30.1 Å². The van der Waals surface area contributed by atoms with Gasteiger partial charge in [0, 0.05) is 12.4 Å². The third kappa shape index (κ3) is 3.65. The largest absolute Gasteiger partial charge is 0.466 e. The Bertz CT molecular complexity index is 333. The number of hydrogen-bond acceptors (Lipinski definition) is 3. The third-order valence-corrected chi connectivity index (χ3v) is 2.62. The maximum Gasteiger partial charge on any atom is 0.311 e. The van der Waals surface area contributed by atoms with Crippen LogP contribution in [0.1, 0.15) is 32.8 Å². The van der Waals surface area contributed by atoms with Gasteiger partial charge < -0.3 is 4.74 Å². The topological polar surface area (TPSA) is 39.2 Å². The molecule has 3 heteroatoms. The summed E-state index contributed by atoms with van der Waals surface area (Å²) in [6.45, 7) is 6.12. The van der Waals surface area contributed by atoms with Gasteiger partial charge in [-0.25, -0.2) is 0 Å². The summed E-state index contributed by atoms with van der Waals surface area (Å²) in [6, 6.07) is 3.95. The van der Waals surface area contributed by atoms with Crippen LogP contribution in [-0.2, 0) is 16.0 Å². The fraction of sp³-hybridized carbons (Fsp3) is 0.538. The summed E-state index contributed by atoms with van der Waals surface area (Å²) in [4.78, 5) is 15.6. The van der Waals surface area contributed by atoms with E-state index in [1.54, 1.807) is 12.4 Å². The SMILES string of the molecule is CCOC(=O)C(C)(C)CCc1ccncc1. The molecule has 0 radical (unpaired) electrons. The molecule has 1 heterocycles. The number of ether oxygens (including phenoxy) is 1. The van der Waals surface area contributed by atoms with Crippen LogP contribution in [0.15, 0.2) is 24.5 Å². The predicted octanol–water partition coefficient (Wildman–Crippen LogP) is 2.60. The average molecular weight is 221 g/mol. The van der Waals surface area contributed by atoms with Gasteiger partial charge in [0.1, 0.15) is 0 Å². The molecule has 0 bridgehead atoms. The lowest BCUT2D eigenvalue weighted by molar-refractivity contribution is -0.153. The number of aryl methyl sites for hydroxylation is 1. The molecule has 1 aromatic heterocycles. The second kappa shape index (κ2) is 5.64. The standard InChI is InChI=1S/C13H19NO2/c1-4-16-12(15)13(2,3)8-5-11-6-9-14-10-7-11/h6-7,9-10H,4-5,8H2,1-3H3. The number of carbonyl (C=O) groups excluding carboxylic acids is 1. The summed E-state index contributed by atoms with van der Waals surface area (Å²) in [7, 11) is 0. The molecular weight excluding hydrogens is 202 g/mol. The molecule has 0 aliphatic heterocycles. The van der Waals surface area contributed by atoms with Crippen molar-refractivity contribution >= 4 is 5.97 Å². The van der Waals surface area contributed by atoms with Crippen molar-refractivity contribution in [2.45, 2.75) is 33.6 Å². The van der Waals surface area contributed by atoms with E-state index < -0.39 is 5.41 Å². The summed E-state index contributed by atoms with van der Waals surface area (Å²) in [5.74, 6) is -0.121. The van der Waals surface area contributed by atoms with Crippen molar-refractivity contribution in [2.75, 3.05) is 6.61 Å². The molecule has 1 aromatic rings. The van der Waals surface area contributed by atoms with E-state index in [1.165, 1.54) is 5.56 Å². The molecule has 0 unspecified atom stereocenters. The van der Waals surface area contributed by atoms with Crippen LogP contribution in [-0.4, -0.2) is 17.6 Å². The van der Waals surface area contributed by atoms with E-state index in [0.717, 1.165) is 12.8 Å². The fourth-order valence-electron chi connectivity index (χ4n) is 1.43. The van der Waals surface area contributed by atoms with Crippen LogP contribution in [0.25, 0.3) is 0 Å². The minimum absolute atomic E-state index is 0.121. The molecule has 0 saturated heterocycles. The second-order valence-corrected chi connectivity index (χ2v) is 4.46. The van der Waals surface area contributed by atoms with Crippen LogP contribution >= 0.6 is 0 Å². The van der Waals surface area contributed by atoms with E-state index in [2.05, 4.69) is 4.98 Å². The molecule has 0 aliphatic carbocycles. The Hall–Kier alpha value is -1.38. The highest BCUT2D eigenvalue weighted by atomic mass is 16.5. The van der Waals surface area contributed by atoms with E-state index >= 15 is 0 Å². The van der Waals surface area contributed by atoms with Gasteiger partial charge in [0.15, 0.2) is 0 Å². The van der Waals surface area contributed by atoms with Gasteiger partial charge in [-0.1, -0.05) is 0 Å². The van der Waals surface area contributed by atoms with Gasteiger partial charge in [-0.3, -0.25) is 9.78 Å². The lowest BCUT2D eigenvalue weighted by atomic mass is 9.86. The van der Waals surface area contributed by atoms with Gasteiger partial charge in [-0.05, 0) is 51.3 Å². The zero-order valence-corrected chi connectivity index (χ0v) is 10.2. The Morgan fingerprint density at radius 1 is 1.38 bits per heavy atom. The molecule has 16 heavy (non-hydrogen) atoms. The highest BCUT2D eigenvalue weighted by Crippen LogP contribution is 2.24. The van der Waals surface area contributed by atoms with Crippen molar-refractivity contribution < 1.29 is 9.53 Å². The first-order valence-corrected chi connectivity index (χ1v) is 5.62. The summed E-state index contributed by atoms with van der Waals surface area (Å²) >= 11 is 0. The lowest BCUT2D eigenvalue weighted by Gasteiger charge is -2.21. The zero-order valence-electron chi connectivity index (χ0n) is 10.2. The van der Waals surface area contributed by atoms with Crippen LogP contribution < -0.4 is 0 Å². The number of hydrogen-bond donors (Lipinski definition) is 0. The van der Waals surface area contributed by atoms with E-state index in [-0.39, 0.29) is 5.97 Å². The Morgan fingerprint density at radius 3 is 2.56 bits per heavy atom. The Kier molecular flexibility index (Phi) is 4.47. The number of carbonyl (C=O) groups is 1. The van der Waals surface area contributed by atoms with Gasteiger partial charge in [-0.2, -0.15) is 0 Å². The minimum Gasteiger partial charge on any atom is -0.466 e. The summed E-state index contributed by atoms with van der Waals surface area (Å²) in [5, 5.41) is 0. The average Bonchev–Trinajstić information content (AvgIpc) is 2.28. The van der Waals surface area contributed by atoms with E-state index in [4.69, 9.17) is 4.74 Å². The quantitative estimate of drug-likeness (QED) is 0.717. The first-order chi connectivity index (χ1) is 7.56. The maximum absolute atomic E-state index is 11.7. The molecular formula is C13H19NO2. The number of aromatic nitrogens is 1. The number of rotatable bonds is 5. The molecule has 0 aromatic carbocycles. The Morgan fingerprint density at radius 2 is 2.00 bits per heavy atom. The van der Waals surface area contributed by atoms with Gasteiger partial charge in [0.25, 0.3) is 0 Å². The Balaban J connectivity index is 2.51. The Labute approximate surface area is 96.8 Å². The molecule has 0 N–H and O–H groups in total. The highest BCUT2D eigenvalue weighted by molar-refractivity contribution is 5.75. The molecule has 0 atom stereocenters. The summed E-state index contributed by atoms with van der Waals surface area (Å²) in [5.41, 5.74) is 0.784. The monoisotopic (exact) mass is 221 g/mol. The zero-order chi connectivity index (χ0) is 12.0. The van der Waals surface area contributed by atoms with Crippen molar-refractivity contribution in [3.8, 4) is 0 Å². The highest BCUT2D eigenvalue weighted by Gasteiger charge is 2.28. The predicted molar refractivity (Wildman–Crippen MR) is 63.0 cm³/mol. The number of pyridine rings is 1. The molecule has 88 valence electrons. The van der Waals surface area contributed by atoms with Gasteiger partial charge in [0.05, 0.1) is 12.0 Å². The van der Waals surface area contributed by atoms with Crippen LogP contribution in [0.2, 0.25) is 0 Å². The molecule has 0 amide bonds. The molecule has 1 rings (SSSR count). The molecule has 0 fully saturated rings. The van der Waals surface area contributed by atoms with Crippen molar-refractivity contribution in [1.29, 1.82) is 0 Å². The van der Waals surface area contributed by atoms with Crippen LogP contribution in [0.5, 0.6) is 0 Å². The third-order valence-electron chi connectivity index (χ3n) is 2.62. The summed E-state index contributed by atoms with van der Waals surface area (Å²) in [6.07, 6.45) is 5.20. The fourth-order valence-corrected chi connectivity index (χ4v) is 1.43. The minimum atomic E-state index is -0.417. The van der Waals surface area contributed by atoms with Crippen LogP contribution in [0, 0.1) is 5.41 Å². The van der Waals surface area contributed by atoms with Gasteiger partial charge >= 0.3 is 5.97 Å². The smallest absolute Gasteiger partial charge is 0.311 e. The second-order valence-electron chi connectivity index (χ2n) is 4.46. The van der Waals surface area contributed by atoms with Crippen molar-refractivity contribution in [3.63, 3.8) is 0 Å². The van der Waals surface area contributed by atoms with E-state index in [1.807, 2.05) is 32.9 Å². The van der Waals surface area contributed by atoms with Crippen molar-refractivity contribution in [1.82, 2.24) is 4.98 Å². The molecule has 0 saturated carbocycles. The first-order valence-electron chi connectivity index (χ1n) is 5.62. The molecule has 0 aliphatic rings. The van der Waals surface area contributed by atoms with E-state index in [9.17, 15) is 4.79 Å². The van der Waals surface area contributed by atoms with Crippen LogP contribution in [0.4, 0.5) is 0 Å². The first kappa shape index (κ1) is 12.7. The molecule has 3 nitrogen and oxygen atoms in total. The maximum atomic E-state index is 11.7. The normalized spacial score (nSPS) is 11.2. The van der Waals surface area contributed by atoms with Crippen LogP contribution in [0.3, 0.4) is 0 Å².